The molecule has 2 unspecified atom stereocenters. The highest BCUT2D eigenvalue weighted by Gasteiger charge is 2.44. The molecule has 2 heterocycles. The molecule has 4 nitrogen and oxygen atoms in total. The number of morpholine rings is 1. The standard InChI is InChI=1S/C11H23N3O/c1-10-7-11(8-12,9-13(10)2)14-3-5-15-6-4-14/h10H,3-9,12H2,1-2H3. The van der Waals surface area contributed by atoms with Gasteiger partial charge in [-0.25, -0.2) is 0 Å². The van der Waals surface area contributed by atoms with Crippen LogP contribution in [0.2, 0.25) is 0 Å². The molecule has 0 saturated carbocycles. The van der Waals surface area contributed by atoms with Gasteiger partial charge >= 0.3 is 0 Å². The first-order valence-corrected chi connectivity index (χ1v) is 5.91. The Kier molecular flexibility index (Phi) is 3.30. The van der Waals surface area contributed by atoms with Crippen LogP contribution in [0.15, 0.2) is 0 Å². The van der Waals surface area contributed by atoms with Crippen molar-refractivity contribution in [1.82, 2.24) is 9.80 Å². The van der Waals surface area contributed by atoms with E-state index in [-0.39, 0.29) is 5.54 Å². The number of nitrogens with two attached hydrogens (primary N) is 1. The Balaban J connectivity index is 2.07. The fourth-order valence-corrected chi connectivity index (χ4v) is 2.93. The molecule has 0 radical (unpaired) electrons. The van der Waals surface area contributed by atoms with Crippen LogP contribution in [0.1, 0.15) is 13.3 Å². The van der Waals surface area contributed by atoms with Crippen LogP contribution in [-0.4, -0.2) is 67.8 Å². The second kappa shape index (κ2) is 4.37. The van der Waals surface area contributed by atoms with Crippen molar-refractivity contribution >= 4 is 0 Å². The van der Waals surface area contributed by atoms with Gasteiger partial charge in [-0.1, -0.05) is 0 Å². The molecule has 2 rings (SSSR count). The Morgan fingerprint density at radius 1 is 1.40 bits per heavy atom. The average Bonchev–Trinajstić information content (AvgIpc) is 2.57. The zero-order valence-electron chi connectivity index (χ0n) is 9.91. The van der Waals surface area contributed by atoms with Crippen molar-refractivity contribution in [3.63, 3.8) is 0 Å². The maximum atomic E-state index is 6.01. The summed E-state index contributed by atoms with van der Waals surface area (Å²) in [5, 5.41) is 0. The van der Waals surface area contributed by atoms with Gasteiger partial charge in [0.2, 0.25) is 0 Å². The topological polar surface area (TPSA) is 41.7 Å². The lowest BCUT2D eigenvalue weighted by molar-refractivity contribution is -0.0157. The molecule has 0 aromatic rings. The van der Waals surface area contributed by atoms with Gasteiger partial charge in [-0.15, -0.1) is 0 Å². The van der Waals surface area contributed by atoms with Crippen LogP contribution in [0.3, 0.4) is 0 Å². The van der Waals surface area contributed by atoms with Gasteiger partial charge in [0.05, 0.1) is 13.2 Å². The molecule has 2 N–H and O–H groups in total. The molecule has 0 aliphatic carbocycles. The van der Waals surface area contributed by atoms with Gasteiger partial charge < -0.3 is 15.4 Å². The highest BCUT2D eigenvalue weighted by atomic mass is 16.5. The molecule has 2 saturated heterocycles. The van der Waals surface area contributed by atoms with Crippen molar-refractivity contribution in [3.05, 3.63) is 0 Å². The zero-order valence-corrected chi connectivity index (χ0v) is 9.91. The maximum Gasteiger partial charge on any atom is 0.0594 e. The van der Waals surface area contributed by atoms with E-state index in [9.17, 15) is 0 Å². The Hall–Kier alpha value is -0.160. The molecule has 15 heavy (non-hydrogen) atoms. The summed E-state index contributed by atoms with van der Waals surface area (Å²) in [6.45, 7) is 7.96. The monoisotopic (exact) mass is 213 g/mol. The minimum absolute atomic E-state index is 0.206. The number of rotatable bonds is 2. The van der Waals surface area contributed by atoms with Gasteiger partial charge in [-0.2, -0.15) is 0 Å². The summed E-state index contributed by atoms with van der Waals surface area (Å²) in [4.78, 5) is 4.96. The third kappa shape index (κ3) is 2.04. The number of hydrogen-bond donors (Lipinski definition) is 1. The number of likely N-dealkylation sites (N-methyl/N-ethyl adjacent to an activating group) is 1. The molecule has 2 atom stereocenters. The Morgan fingerprint density at radius 2 is 2.07 bits per heavy atom. The first kappa shape index (κ1) is 11.3. The largest absolute Gasteiger partial charge is 0.379 e. The van der Waals surface area contributed by atoms with Crippen LogP contribution in [0.25, 0.3) is 0 Å². The van der Waals surface area contributed by atoms with E-state index < -0.39 is 0 Å². The number of likely N-dealkylation sites (tertiary alicyclic amines) is 1. The van der Waals surface area contributed by atoms with E-state index in [1.165, 1.54) is 6.42 Å². The highest BCUT2D eigenvalue weighted by molar-refractivity contribution is 5.02. The quantitative estimate of drug-likeness (QED) is 0.686. The molecular weight excluding hydrogens is 190 g/mol. The van der Waals surface area contributed by atoms with Crippen LogP contribution >= 0.6 is 0 Å². The fraction of sp³-hybridized carbons (Fsp3) is 1.00. The van der Waals surface area contributed by atoms with Gasteiger partial charge in [0.15, 0.2) is 0 Å². The zero-order chi connectivity index (χ0) is 10.9. The second-order valence-corrected chi connectivity index (χ2v) is 5.00. The van der Waals surface area contributed by atoms with E-state index >= 15 is 0 Å². The SMILES string of the molecule is CC1CC(CN)(N2CCOCC2)CN1C. The molecule has 88 valence electrons. The van der Waals surface area contributed by atoms with Gasteiger partial charge in [0, 0.05) is 37.8 Å². The van der Waals surface area contributed by atoms with E-state index in [0.717, 1.165) is 39.4 Å². The average molecular weight is 213 g/mol. The van der Waals surface area contributed by atoms with Crippen LogP contribution in [0.4, 0.5) is 0 Å². The van der Waals surface area contributed by atoms with Crippen molar-refractivity contribution in [2.45, 2.75) is 24.9 Å². The molecule has 2 aliphatic heterocycles. The fourth-order valence-electron chi connectivity index (χ4n) is 2.93. The number of ether oxygens (including phenoxy) is 1. The Labute approximate surface area is 92.4 Å². The molecule has 0 aromatic heterocycles. The summed E-state index contributed by atoms with van der Waals surface area (Å²) in [7, 11) is 2.20. The van der Waals surface area contributed by atoms with E-state index in [2.05, 4.69) is 23.8 Å². The molecule has 0 aromatic carbocycles. The Morgan fingerprint density at radius 3 is 2.53 bits per heavy atom. The summed E-state index contributed by atoms with van der Waals surface area (Å²) in [6, 6.07) is 0.649. The summed E-state index contributed by atoms with van der Waals surface area (Å²) < 4.78 is 5.41. The molecule has 0 amide bonds. The van der Waals surface area contributed by atoms with Crippen molar-refractivity contribution in [2.75, 3.05) is 46.4 Å². The van der Waals surface area contributed by atoms with E-state index in [4.69, 9.17) is 10.5 Å². The summed E-state index contributed by atoms with van der Waals surface area (Å²) in [6.07, 6.45) is 1.19. The molecule has 0 spiro atoms. The first-order chi connectivity index (χ1) is 7.18. The van der Waals surface area contributed by atoms with Crippen molar-refractivity contribution < 1.29 is 4.74 Å². The molecule has 4 heteroatoms. The smallest absolute Gasteiger partial charge is 0.0594 e. The normalized spacial score (nSPS) is 39.8. The lowest BCUT2D eigenvalue weighted by Crippen LogP contribution is -2.58. The third-order valence-electron chi connectivity index (χ3n) is 4.03. The molecular formula is C11H23N3O. The van der Waals surface area contributed by atoms with Crippen LogP contribution in [-0.2, 0) is 4.74 Å². The predicted octanol–water partition coefficient (Wildman–Crippen LogP) is -0.260. The van der Waals surface area contributed by atoms with Crippen LogP contribution < -0.4 is 5.73 Å². The van der Waals surface area contributed by atoms with Gasteiger partial charge in [-0.3, -0.25) is 4.90 Å². The number of nitrogens with zero attached hydrogens (tertiary/aromatic N) is 2. The van der Waals surface area contributed by atoms with E-state index in [1.54, 1.807) is 0 Å². The Bertz CT molecular complexity index is 206. The maximum absolute atomic E-state index is 6.01. The highest BCUT2D eigenvalue weighted by Crippen LogP contribution is 2.31. The van der Waals surface area contributed by atoms with Crippen molar-refractivity contribution in [3.8, 4) is 0 Å². The van der Waals surface area contributed by atoms with E-state index in [0.29, 0.717) is 6.04 Å². The van der Waals surface area contributed by atoms with Crippen molar-refractivity contribution in [1.29, 1.82) is 0 Å². The van der Waals surface area contributed by atoms with E-state index in [1.807, 2.05) is 0 Å². The summed E-state index contributed by atoms with van der Waals surface area (Å²) in [5.74, 6) is 0. The van der Waals surface area contributed by atoms with Gasteiger partial charge in [0.25, 0.3) is 0 Å². The summed E-state index contributed by atoms with van der Waals surface area (Å²) >= 11 is 0. The number of hydrogen-bond acceptors (Lipinski definition) is 4. The molecule has 2 aliphatic rings. The molecule has 0 bridgehead atoms. The lowest BCUT2D eigenvalue weighted by Gasteiger charge is -2.42. The summed E-state index contributed by atoms with van der Waals surface area (Å²) in [5.41, 5.74) is 6.22. The van der Waals surface area contributed by atoms with Gasteiger partial charge in [-0.05, 0) is 20.4 Å². The minimum Gasteiger partial charge on any atom is -0.379 e. The third-order valence-corrected chi connectivity index (χ3v) is 4.03. The van der Waals surface area contributed by atoms with Crippen LogP contribution in [0.5, 0.6) is 0 Å². The second-order valence-electron chi connectivity index (χ2n) is 5.00. The lowest BCUT2D eigenvalue weighted by atomic mass is 9.93. The minimum atomic E-state index is 0.206. The first-order valence-electron chi connectivity index (χ1n) is 5.91. The molecule has 2 fully saturated rings. The van der Waals surface area contributed by atoms with Crippen LogP contribution in [0, 0.1) is 0 Å². The predicted molar refractivity (Wildman–Crippen MR) is 60.9 cm³/mol. The van der Waals surface area contributed by atoms with Gasteiger partial charge in [0.1, 0.15) is 0 Å². The van der Waals surface area contributed by atoms with Crippen molar-refractivity contribution in [2.24, 2.45) is 5.73 Å².